The number of phenols is 1. The first kappa shape index (κ1) is 32.7. The van der Waals surface area contributed by atoms with Gasteiger partial charge < -0.3 is 29.2 Å². The molecule has 0 radical (unpaired) electrons. The molecule has 1 rings (SSSR count). The summed E-state index contributed by atoms with van der Waals surface area (Å²) in [4.78, 5) is 11.5. The molecule has 7 heteroatoms. The molecule has 2 N–H and O–H groups in total. The van der Waals surface area contributed by atoms with E-state index in [0.29, 0.717) is 43.3 Å². The monoisotopic (exact) mass is 524 g/mol. The SMILES string of the molecule is CCCCCCCOc1c(O)c(OC(=O)O)c(CC)c(OCCCCCCC)c1OCCCCCCC. The van der Waals surface area contributed by atoms with Gasteiger partial charge in [-0.2, -0.15) is 0 Å². The molecule has 1 aromatic rings. The van der Waals surface area contributed by atoms with Crippen LogP contribution in [0.25, 0.3) is 0 Å². The average molecular weight is 525 g/mol. The molecule has 214 valence electrons. The summed E-state index contributed by atoms with van der Waals surface area (Å²) in [6.07, 6.45) is 15.1. The Balaban J connectivity index is 3.23. The minimum Gasteiger partial charge on any atom is -0.502 e. The lowest BCUT2D eigenvalue weighted by Crippen LogP contribution is -2.12. The number of carboxylic acid groups (broad SMARTS) is 1. The van der Waals surface area contributed by atoms with Crippen LogP contribution in [0.2, 0.25) is 0 Å². The van der Waals surface area contributed by atoms with Crippen molar-refractivity contribution in [2.45, 2.75) is 130 Å². The van der Waals surface area contributed by atoms with Crippen LogP contribution < -0.4 is 18.9 Å². The summed E-state index contributed by atoms with van der Waals surface area (Å²) in [6.45, 7) is 9.73. The van der Waals surface area contributed by atoms with E-state index in [9.17, 15) is 15.0 Å². The second-order valence-electron chi connectivity index (χ2n) is 9.65. The Bertz CT molecular complexity index is 748. The van der Waals surface area contributed by atoms with Gasteiger partial charge in [-0.25, -0.2) is 4.79 Å². The Morgan fingerprint density at radius 3 is 1.38 bits per heavy atom. The normalized spacial score (nSPS) is 10.9. The number of rotatable bonds is 23. The topological polar surface area (TPSA) is 94.5 Å². The summed E-state index contributed by atoms with van der Waals surface area (Å²) >= 11 is 0. The van der Waals surface area contributed by atoms with E-state index in [1.807, 2.05) is 6.92 Å². The third-order valence-electron chi connectivity index (χ3n) is 6.42. The van der Waals surface area contributed by atoms with Gasteiger partial charge in [-0.15, -0.1) is 0 Å². The van der Waals surface area contributed by atoms with Crippen LogP contribution in [-0.2, 0) is 6.42 Å². The Hall–Kier alpha value is -2.31. The van der Waals surface area contributed by atoms with Crippen molar-refractivity contribution in [1.29, 1.82) is 0 Å². The molecule has 37 heavy (non-hydrogen) atoms. The van der Waals surface area contributed by atoms with Gasteiger partial charge in [0.2, 0.25) is 17.2 Å². The lowest BCUT2D eigenvalue weighted by molar-refractivity contribution is 0.141. The zero-order valence-electron chi connectivity index (χ0n) is 23.9. The second kappa shape index (κ2) is 20.7. The van der Waals surface area contributed by atoms with E-state index in [4.69, 9.17) is 18.9 Å². The zero-order chi connectivity index (χ0) is 27.3. The molecule has 0 spiro atoms. The summed E-state index contributed by atoms with van der Waals surface area (Å²) in [5.41, 5.74) is 0.477. The van der Waals surface area contributed by atoms with Gasteiger partial charge >= 0.3 is 6.16 Å². The van der Waals surface area contributed by atoms with Crippen molar-refractivity contribution in [1.82, 2.24) is 0 Å². The Morgan fingerprint density at radius 1 is 0.568 bits per heavy atom. The van der Waals surface area contributed by atoms with Crippen LogP contribution in [0.5, 0.6) is 28.7 Å². The van der Waals surface area contributed by atoms with Crippen molar-refractivity contribution in [3.63, 3.8) is 0 Å². The summed E-state index contributed by atoms with van der Waals surface area (Å²) in [5.74, 6) is 0.404. The summed E-state index contributed by atoms with van der Waals surface area (Å²) in [5, 5.41) is 20.4. The quantitative estimate of drug-likeness (QED) is 0.0837. The summed E-state index contributed by atoms with van der Waals surface area (Å²) in [7, 11) is 0. The van der Waals surface area contributed by atoms with E-state index < -0.39 is 6.16 Å². The number of aromatic hydroxyl groups is 1. The van der Waals surface area contributed by atoms with Crippen molar-refractivity contribution >= 4 is 6.16 Å². The van der Waals surface area contributed by atoms with Gasteiger partial charge in [-0.3, -0.25) is 0 Å². The van der Waals surface area contributed by atoms with Crippen LogP contribution in [-0.4, -0.2) is 36.2 Å². The van der Waals surface area contributed by atoms with Gasteiger partial charge in [-0.05, 0) is 25.7 Å². The Kier molecular flexibility index (Phi) is 18.3. The van der Waals surface area contributed by atoms with Crippen LogP contribution in [0.3, 0.4) is 0 Å². The maximum absolute atomic E-state index is 11.5. The number of unbranched alkanes of at least 4 members (excludes halogenated alkanes) is 12. The van der Waals surface area contributed by atoms with Crippen molar-refractivity contribution in [2.75, 3.05) is 19.8 Å². The Morgan fingerprint density at radius 2 is 0.973 bits per heavy atom. The molecule has 0 heterocycles. The number of carbonyl (C=O) groups is 1. The number of hydrogen-bond donors (Lipinski definition) is 2. The molecule has 0 fully saturated rings. The number of hydrogen-bond acceptors (Lipinski definition) is 6. The van der Waals surface area contributed by atoms with Crippen molar-refractivity contribution < 1.29 is 34.0 Å². The fraction of sp³-hybridized carbons (Fsp3) is 0.767. The molecular formula is C30H52O7. The highest BCUT2D eigenvalue weighted by Gasteiger charge is 2.29. The van der Waals surface area contributed by atoms with Crippen LogP contribution in [0, 0.1) is 0 Å². The fourth-order valence-corrected chi connectivity index (χ4v) is 4.27. The number of benzene rings is 1. The van der Waals surface area contributed by atoms with Gasteiger partial charge in [0.05, 0.1) is 19.8 Å². The third kappa shape index (κ3) is 12.7. The van der Waals surface area contributed by atoms with Crippen molar-refractivity contribution in [3.05, 3.63) is 5.56 Å². The van der Waals surface area contributed by atoms with Crippen molar-refractivity contribution in [2.24, 2.45) is 0 Å². The largest absolute Gasteiger partial charge is 0.511 e. The molecule has 7 nitrogen and oxygen atoms in total. The lowest BCUT2D eigenvalue weighted by atomic mass is 10.1. The zero-order valence-corrected chi connectivity index (χ0v) is 23.9. The number of ether oxygens (including phenoxy) is 4. The van der Waals surface area contributed by atoms with Crippen molar-refractivity contribution in [3.8, 4) is 28.7 Å². The molecule has 0 aliphatic carbocycles. The maximum atomic E-state index is 11.5. The first-order valence-electron chi connectivity index (χ1n) is 14.7. The summed E-state index contributed by atoms with van der Waals surface area (Å²) in [6, 6.07) is 0. The van der Waals surface area contributed by atoms with E-state index >= 15 is 0 Å². The molecule has 0 atom stereocenters. The van der Waals surface area contributed by atoms with Crippen LogP contribution >= 0.6 is 0 Å². The highest BCUT2D eigenvalue weighted by Crippen LogP contribution is 2.53. The molecule has 0 bridgehead atoms. The van der Waals surface area contributed by atoms with E-state index in [1.165, 1.54) is 32.1 Å². The molecular weight excluding hydrogens is 472 g/mol. The second-order valence-corrected chi connectivity index (χ2v) is 9.65. The van der Waals surface area contributed by atoms with E-state index in [0.717, 1.165) is 64.2 Å². The summed E-state index contributed by atoms with van der Waals surface area (Å²) < 4.78 is 23.5. The Labute approximate surface area is 224 Å². The van der Waals surface area contributed by atoms with Gasteiger partial charge in [0, 0.05) is 5.56 Å². The lowest BCUT2D eigenvalue weighted by Gasteiger charge is -2.23. The molecule has 0 aliphatic rings. The van der Waals surface area contributed by atoms with Gasteiger partial charge in [0.15, 0.2) is 11.5 Å². The minimum absolute atomic E-state index is 0.110. The van der Waals surface area contributed by atoms with Gasteiger partial charge in [0.25, 0.3) is 0 Å². The number of phenolic OH excluding ortho intramolecular Hbond substituents is 1. The predicted molar refractivity (Wildman–Crippen MR) is 149 cm³/mol. The van der Waals surface area contributed by atoms with Gasteiger partial charge in [-0.1, -0.05) is 105 Å². The smallest absolute Gasteiger partial charge is 0.502 e. The van der Waals surface area contributed by atoms with Gasteiger partial charge in [0.1, 0.15) is 0 Å². The molecule has 1 aromatic carbocycles. The molecule has 0 aromatic heterocycles. The predicted octanol–water partition coefficient (Wildman–Crippen LogP) is 9.06. The highest BCUT2D eigenvalue weighted by atomic mass is 16.7. The first-order valence-corrected chi connectivity index (χ1v) is 14.7. The van der Waals surface area contributed by atoms with E-state index in [1.54, 1.807) is 0 Å². The highest BCUT2D eigenvalue weighted by molar-refractivity contribution is 5.73. The molecule has 0 unspecified atom stereocenters. The van der Waals surface area contributed by atoms with Crippen LogP contribution in [0.4, 0.5) is 4.79 Å². The molecule has 0 amide bonds. The fourth-order valence-electron chi connectivity index (χ4n) is 4.27. The minimum atomic E-state index is -1.49. The van der Waals surface area contributed by atoms with Crippen LogP contribution in [0.1, 0.15) is 130 Å². The average Bonchev–Trinajstić information content (AvgIpc) is 2.88. The maximum Gasteiger partial charge on any atom is 0.511 e. The third-order valence-corrected chi connectivity index (χ3v) is 6.42. The standard InChI is InChI=1S/C30H52O7/c1-5-9-12-15-18-21-34-27-24(8-4)26(37-30(32)33)25(31)28(35-22-19-16-13-10-6-2)29(27)36-23-20-17-14-11-7-3/h31H,5-23H2,1-4H3,(H,32,33). The molecule has 0 saturated heterocycles. The molecule has 0 aliphatic heterocycles. The van der Waals surface area contributed by atoms with E-state index in [-0.39, 0.29) is 17.2 Å². The first-order chi connectivity index (χ1) is 18.0. The molecule has 0 saturated carbocycles. The van der Waals surface area contributed by atoms with Crippen LogP contribution in [0.15, 0.2) is 0 Å². The van der Waals surface area contributed by atoms with E-state index in [2.05, 4.69) is 20.8 Å².